The lowest BCUT2D eigenvalue weighted by Crippen LogP contribution is -2.46. The number of carbonyl (C=O) groups excluding carboxylic acids is 3. The Morgan fingerprint density at radius 2 is 1.16 bits per heavy atom. The van der Waals surface area contributed by atoms with Gasteiger partial charge < -0.3 is 14.4 Å². The lowest BCUT2D eigenvalue weighted by atomic mass is 10.2. The molecular weight excluding hydrogens is 423 g/mol. The Bertz CT molecular complexity index is 613. The first kappa shape index (κ1) is 28.5. The highest BCUT2D eigenvalue weighted by atomic mass is 31.1. The van der Waals surface area contributed by atoms with Crippen LogP contribution in [0.5, 0.6) is 0 Å². The summed E-state index contributed by atoms with van der Waals surface area (Å²) >= 11 is 0. The minimum absolute atomic E-state index is 0.379. The molecule has 0 aromatic carbocycles. The van der Waals surface area contributed by atoms with Crippen LogP contribution in [0.2, 0.25) is 0 Å². The monoisotopic (exact) mass is 464 g/mol. The smallest absolute Gasteiger partial charge is 0.133 e. The third-order valence-corrected chi connectivity index (χ3v) is 6.87. The first-order valence-corrected chi connectivity index (χ1v) is 12.8. The van der Waals surface area contributed by atoms with Crippen LogP contribution in [0.15, 0.2) is 36.0 Å². The van der Waals surface area contributed by atoms with E-state index in [1.54, 1.807) is 0 Å². The molecule has 0 saturated carbocycles. The molecule has 180 valence electrons. The molecule has 1 heterocycles. The van der Waals surface area contributed by atoms with Crippen LogP contribution in [0.25, 0.3) is 0 Å². The first-order valence-electron chi connectivity index (χ1n) is 11.4. The molecule has 0 aromatic rings. The molecule has 32 heavy (non-hydrogen) atoms. The summed E-state index contributed by atoms with van der Waals surface area (Å²) in [6, 6.07) is 0. The van der Waals surface area contributed by atoms with Crippen molar-refractivity contribution >= 4 is 27.4 Å². The average molecular weight is 465 g/mol. The van der Waals surface area contributed by atoms with Crippen molar-refractivity contribution in [3.8, 4) is 0 Å². The van der Waals surface area contributed by atoms with Crippen molar-refractivity contribution in [2.75, 3.05) is 84.4 Å². The van der Waals surface area contributed by atoms with Crippen LogP contribution >= 0.6 is 8.58 Å². The molecule has 1 aliphatic heterocycles. The normalized spacial score (nSPS) is 19.8. The molecule has 1 atom stereocenters. The Hall–Kier alpha value is -1.50. The van der Waals surface area contributed by atoms with Gasteiger partial charge >= 0.3 is 0 Å². The van der Waals surface area contributed by atoms with E-state index >= 15 is 0 Å². The van der Waals surface area contributed by atoms with Gasteiger partial charge in [0.1, 0.15) is 18.9 Å². The van der Waals surface area contributed by atoms with Gasteiger partial charge in [-0.3, -0.25) is 19.6 Å². The van der Waals surface area contributed by atoms with Gasteiger partial charge in [0.15, 0.2) is 0 Å². The van der Waals surface area contributed by atoms with Crippen LogP contribution in [0, 0.1) is 0 Å². The van der Waals surface area contributed by atoms with E-state index in [4.69, 9.17) is 0 Å². The standard InChI is InChI=1S/C24H41N4O3P/c1-4-24(6-5-23(2)3)21-32-22-28-13-11-26(16-19-30)9-7-25(15-18-29)8-10-27(12-14-28)17-20-31/h4-6,18-20,32H,2,7-17,21-22H2,1,3H3/b6-5-,24-4+. The van der Waals surface area contributed by atoms with E-state index in [9.17, 15) is 14.4 Å². The third kappa shape index (κ3) is 13.1. The molecule has 0 bridgehead atoms. The quantitative estimate of drug-likeness (QED) is 0.247. The van der Waals surface area contributed by atoms with Gasteiger partial charge in [-0.15, -0.1) is 8.58 Å². The zero-order valence-electron chi connectivity index (χ0n) is 19.9. The number of nitrogens with zero attached hydrogens (tertiary/aromatic N) is 4. The van der Waals surface area contributed by atoms with Crippen molar-refractivity contribution < 1.29 is 14.4 Å². The molecule has 0 aliphatic carbocycles. The maximum Gasteiger partial charge on any atom is 0.133 e. The second-order valence-corrected chi connectivity index (χ2v) is 9.32. The van der Waals surface area contributed by atoms with Crippen LogP contribution in [-0.2, 0) is 14.4 Å². The summed E-state index contributed by atoms with van der Waals surface area (Å²) < 4.78 is 0. The second-order valence-electron chi connectivity index (χ2n) is 8.15. The number of hydrogen-bond acceptors (Lipinski definition) is 7. The Morgan fingerprint density at radius 1 is 0.750 bits per heavy atom. The fourth-order valence-electron chi connectivity index (χ4n) is 3.47. The predicted octanol–water partition coefficient (Wildman–Crippen LogP) is 1.52. The average Bonchev–Trinajstić information content (AvgIpc) is 2.77. The topological polar surface area (TPSA) is 64.2 Å². The van der Waals surface area contributed by atoms with Crippen molar-refractivity contribution in [2.24, 2.45) is 0 Å². The van der Waals surface area contributed by atoms with Gasteiger partial charge in [-0.1, -0.05) is 30.4 Å². The highest BCUT2D eigenvalue weighted by Gasteiger charge is 2.16. The Labute approximate surface area is 195 Å². The molecule has 0 radical (unpaired) electrons. The van der Waals surface area contributed by atoms with Crippen molar-refractivity contribution in [1.29, 1.82) is 0 Å². The Morgan fingerprint density at radius 3 is 1.50 bits per heavy atom. The predicted molar refractivity (Wildman–Crippen MR) is 135 cm³/mol. The van der Waals surface area contributed by atoms with Gasteiger partial charge in [0.05, 0.1) is 19.6 Å². The molecule has 0 aromatic heterocycles. The highest BCUT2D eigenvalue weighted by Crippen LogP contribution is 2.18. The van der Waals surface area contributed by atoms with Crippen LogP contribution in [0.4, 0.5) is 0 Å². The van der Waals surface area contributed by atoms with Gasteiger partial charge in [0.2, 0.25) is 0 Å². The number of rotatable bonds is 12. The van der Waals surface area contributed by atoms with E-state index in [-0.39, 0.29) is 0 Å². The molecule has 0 amide bonds. The van der Waals surface area contributed by atoms with Gasteiger partial charge in [0.25, 0.3) is 0 Å². The summed E-state index contributed by atoms with van der Waals surface area (Å²) in [5, 5.41) is 0. The molecule has 0 spiro atoms. The zero-order valence-corrected chi connectivity index (χ0v) is 20.9. The summed E-state index contributed by atoms with van der Waals surface area (Å²) in [4.78, 5) is 42.2. The molecule has 0 N–H and O–H groups in total. The van der Waals surface area contributed by atoms with Crippen molar-refractivity contribution in [2.45, 2.75) is 13.8 Å². The van der Waals surface area contributed by atoms with E-state index in [0.29, 0.717) is 19.6 Å². The van der Waals surface area contributed by atoms with Crippen molar-refractivity contribution in [1.82, 2.24) is 19.6 Å². The summed E-state index contributed by atoms with van der Waals surface area (Å²) in [5.41, 5.74) is 2.37. The molecule has 1 aliphatic rings. The maximum absolute atomic E-state index is 11.2. The lowest BCUT2D eigenvalue weighted by molar-refractivity contribution is -0.110. The van der Waals surface area contributed by atoms with Crippen LogP contribution in [0.3, 0.4) is 0 Å². The van der Waals surface area contributed by atoms with E-state index in [0.717, 1.165) is 97.8 Å². The molecular formula is C24H41N4O3P. The number of aldehydes is 3. The van der Waals surface area contributed by atoms with Gasteiger partial charge in [-0.2, -0.15) is 0 Å². The molecule has 7 nitrogen and oxygen atoms in total. The van der Waals surface area contributed by atoms with E-state index < -0.39 is 0 Å². The Kier molecular flexibility index (Phi) is 16.0. The Balaban J connectivity index is 2.76. The zero-order chi connectivity index (χ0) is 23.6. The maximum atomic E-state index is 11.2. The third-order valence-electron chi connectivity index (χ3n) is 5.55. The van der Waals surface area contributed by atoms with Crippen LogP contribution in [0.1, 0.15) is 13.8 Å². The SMILES string of the molecule is C=C(C)/C=C\C(=C/C)CPCN1CCN(CC=O)CCN(CC=O)CCN(CC=O)CC1. The fraction of sp³-hybridized carbons (Fsp3) is 0.625. The number of hydrogen-bond donors (Lipinski definition) is 0. The van der Waals surface area contributed by atoms with E-state index in [2.05, 4.69) is 51.3 Å². The largest absolute Gasteiger partial charge is 0.302 e. The molecule has 1 rings (SSSR count). The number of allylic oxidation sites excluding steroid dienone is 5. The van der Waals surface area contributed by atoms with E-state index in [1.165, 1.54) is 5.57 Å². The van der Waals surface area contributed by atoms with Crippen molar-refractivity contribution in [3.63, 3.8) is 0 Å². The van der Waals surface area contributed by atoms with Crippen LogP contribution in [-0.4, -0.2) is 123 Å². The fourth-order valence-corrected chi connectivity index (χ4v) is 4.82. The van der Waals surface area contributed by atoms with Crippen LogP contribution < -0.4 is 0 Å². The first-order chi connectivity index (χ1) is 15.5. The molecule has 8 heteroatoms. The summed E-state index contributed by atoms with van der Waals surface area (Å²) in [5.74, 6) is 0. The minimum atomic E-state index is 0.379. The minimum Gasteiger partial charge on any atom is -0.302 e. The molecule has 1 saturated heterocycles. The number of carbonyl (C=O) groups is 3. The molecule has 1 fully saturated rings. The van der Waals surface area contributed by atoms with Gasteiger partial charge in [0, 0.05) is 58.6 Å². The van der Waals surface area contributed by atoms with E-state index in [1.807, 2.05) is 6.92 Å². The van der Waals surface area contributed by atoms with Crippen molar-refractivity contribution in [3.05, 3.63) is 36.0 Å². The molecule has 1 unspecified atom stereocenters. The summed E-state index contributed by atoms with van der Waals surface area (Å²) in [6.45, 7) is 15.6. The summed E-state index contributed by atoms with van der Waals surface area (Å²) in [7, 11) is 0.777. The highest BCUT2D eigenvalue weighted by molar-refractivity contribution is 7.38. The van der Waals surface area contributed by atoms with Gasteiger partial charge in [-0.05, 0) is 25.6 Å². The lowest BCUT2D eigenvalue weighted by Gasteiger charge is -2.32. The van der Waals surface area contributed by atoms with Gasteiger partial charge in [-0.25, -0.2) is 0 Å². The second kappa shape index (κ2) is 18.0. The summed E-state index contributed by atoms with van der Waals surface area (Å²) in [6.07, 6.45) is 11.2.